The van der Waals surface area contributed by atoms with E-state index in [0.29, 0.717) is 24.5 Å². The number of hydrogen-bond donors (Lipinski definition) is 1. The van der Waals surface area contributed by atoms with Crippen molar-refractivity contribution in [3.63, 3.8) is 0 Å². The number of aliphatic carboxylic acids is 1. The van der Waals surface area contributed by atoms with Crippen molar-refractivity contribution in [1.29, 1.82) is 0 Å². The highest BCUT2D eigenvalue weighted by Crippen LogP contribution is 2.32. The van der Waals surface area contributed by atoms with Gasteiger partial charge in [0.25, 0.3) is 0 Å². The molecule has 0 aromatic heterocycles. The van der Waals surface area contributed by atoms with E-state index in [1.54, 1.807) is 0 Å². The Kier molecular flexibility index (Phi) is 6.74. The zero-order valence-corrected chi connectivity index (χ0v) is 11.7. The molecule has 1 N–H and O–H groups in total. The number of Topliss-reactive ketones (excluding diaryl/α,β-unsaturated/α-hetero) is 2. The maximum absolute atomic E-state index is 11.6. The molecule has 108 valence electrons. The summed E-state index contributed by atoms with van der Waals surface area (Å²) in [4.78, 5) is 33.4. The fraction of sp³-hybridized carbons (Fsp3) is 0.800. The molecule has 4 heteroatoms. The minimum absolute atomic E-state index is 0.0501. The van der Waals surface area contributed by atoms with Gasteiger partial charge in [-0.3, -0.25) is 14.4 Å². The predicted octanol–water partition coefficient (Wildman–Crippen LogP) is 2.99. The molecule has 1 aliphatic rings. The Morgan fingerprint density at radius 3 is 2.16 bits per heavy atom. The van der Waals surface area contributed by atoms with Crippen LogP contribution in [0.4, 0.5) is 0 Å². The maximum atomic E-state index is 11.6. The Morgan fingerprint density at radius 2 is 1.63 bits per heavy atom. The fourth-order valence-electron chi connectivity index (χ4n) is 2.80. The molecule has 1 saturated carbocycles. The van der Waals surface area contributed by atoms with E-state index >= 15 is 0 Å². The van der Waals surface area contributed by atoms with Crippen molar-refractivity contribution in [3.05, 3.63) is 0 Å². The lowest BCUT2D eigenvalue weighted by molar-refractivity contribution is -0.138. The van der Waals surface area contributed by atoms with Gasteiger partial charge in [-0.25, -0.2) is 0 Å². The lowest BCUT2D eigenvalue weighted by Gasteiger charge is -2.27. The molecule has 0 aliphatic heterocycles. The van der Waals surface area contributed by atoms with Gasteiger partial charge in [-0.05, 0) is 38.0 Å². The second kappa shape index (κ2) is 8.08. The summed E-state index contributed by atoms with van der Waals surface area (Å²) in [5.74, 6) is 0.288. The number of hydrogen-bond acceptors (Lipinski definition) is 3. The first kappa shape index (κ1) is 15.9. The third-order valence-electron chi connectivity index (χ3n) is 4.10. The van der Waals surface area contributed by atoms with Gasteiger partial charge in [0.2, 0.25) is 0 Å². The molecule has 0 aromatic rings. The van der Waals surface area contributed by atoms with Crippen molar-refractivity contribution >= 4 is 17.5 Å². The Balaban J connectivity index is 2.17. The second-order valence-electron chi connectivity index (χ2n) is 5.51. The van der Waals surface area contributed by atoms with Gasteiger partial charge in [-0.1, -0.05) is 6.92 Å². The molecular weight excluding hydrogens is 244 g/mol. The molecule has 0 bridgehead atoms. The highest BCUT2D eigenvalue weighted by molar-refractivity contribution is 5.82. The quantitative estimate of drug-likeness (QED) is 0.734. The lowest BCUT2D eigenvalue weighted by Crippen LogP contribution is -2.21. The minimum atomic E-state index is -0.910. The van der Waals surface area contributed by atoms with Gasteiger partial charge in [0.1, 0.15) is 11.6 Å². The van der Waals surface area contributed by atoms with Crippen LogP contribution < -0.4 is 0 Å². The van der Waals surface area contributed by atoms with Crippen LogP contribution in [0.2, 0.25) is 0 Å². The van der Waals surface area contributed by atoms with Crippen LogP contribution in [0.15, 0.2) is 0 Å². The van der Waals surface area contributed by atoms with Crippen LogP contribution in [-0.2, 0) is 14.4 Å². The topological polar surface area (TPSA) is 71.4 Å². The Bertz CT molecular complexity index is 327. The van der Waals surface area contributed by atoms with Gasteiger partial charge < -0.3 is 5.11 Å². The molecule has 1 rings (SSSR count). The van der Waals surface area contributed by atoms with E-state index in [2.05, 4.69) is 0 Å². The standard InChI is InChI=1S/C15H24O4/c1-2-14(17)12-6-3-11(4-7-12)5-8-13(16)9-10-15(18)19/h11-12H,2-10H2,1H3,(H,18,19). The van der Waals surface area contributed by atoms with Crippen molar-refractivity contribution in [2.75, 3.05) is 0 Å². The van der Waals surface area contributed by atoms with Crippen molar-refractivity contribution in [1.82, 2.24) is 0 Å². The van der Waals surface area contributed by atoms with E-state index < -0.39 is 5.97 Å². The van der Waals surface area contributed by atoms with Crippen molar-refractivity contribution < 1.29 is 19.5 Å². The SMILES string of the molecule is CCC(=O)C1CCC(CCC(=O)CCC(=O)O)CC1. The number of ketones is 2. The molecule has 0 radical (unpaired) electrons. The number of rotatable bonds is 8. The highest BCUT2D eigenvalue weighted by Gasteiger charge is 2.25. The Hall–Kier alpha value is -1.19. The van der Waals surface area contributed by atoms with Gasteiger partial charge in [-0.2, -0.15) is 0 Å². The van der Waals surface area contributed by atoms with Gasteiger partial charge in [0, 0.05) is 25.2 Å². The molecule has 0 spiro atoms. The Morgan fingerprint density at radius 1 is 1.00 bits per heavy atom. The summed E-state index contributed by atoms with van der Waals surface area (Å²) in [6.45, 7) is 1.91. The molecule has 0 saturated heterocycles. The third kappa shape index (κ3) is 5.99. The van der Waals surface area contributed by atoms with Crippen LogP contribution in [0.1, 0.15) is 64.7 Å². The number of carbonyl (C=O) groups is 3. The largest absolute Gasteiger partial charge is 0.481 e. The fourth-order valence-corrected chi connectivity index (χ4v) is 2.80. The molecule has 0 heterocycles. The van der Waals surface area contributed by atoms with Crippen LogP contribution in [0.5, 0.6) is 0 Å². The summed E-state index contributed by atoms with van der Waals surface area (Å²) in [7, 11) is 0. The van der Waals surface area contributed by atoms with Crippen LogP contribution in [0.25, 0.3) is 0 Å². The van der Waals surface area contributed by atoms with Crippen molar-refractivity contribution in [3.8, 4) is 0 Å². The normalized spacial score (nSPS) is 23.0. The van der Waals surface area contributed by atoms with E-state index in [4.69, 9.17) is 5.11 Å². The van der Waals surface area contributed by atoms with E-state index in [-0.39, 0.29) is 24.5 Å². The first-order chi connectivity index (χ1) is 9.02. The molecule has 1 aliphatic carbocycles. The van der Waals surface area contributed by atoms with Crippen LogP contribution in [0.3, 0.4) is 0 Å². The summed E-state index contributed by atoms with van der Waals surface area (Å²) in [5, 5.41) is 8.50. The highest BCUT2D eigenvalue weighted by atomic mass is 16.4. The zero-order valence-electron chi connectivity index (χ0n) is 11.7. The van der Waals surface area contributed by atoms with E-state index in [0.717, 1.165) is 32.1 Å². The molecule has 0 atom stereocenters. The summed E-state index contributed by atoms with van der Waals surface area (Å²) in [5.41, 5.74) is 0. The molecule has 4 nitrogen and oxygen atoms in total. The van der Waals surface area contributed by atoms with Gasteiger partial charge >= 0.3 is 5.97 Å². The molecule has 1 fully saturated rings. The number of carboxylic acid groups (broad SMARTS) is 1. The first-order valence-corrected chi connectivity index (χ1v) is 7.29. The molecule has 0 unspecified atom stereocenters. The van der Waals surface area contributed by atoms with E-state index in [1.807, 2.05) is 6.92 Å². The number of carbonyl (C=O) groups excluding carboxylic acids is 2. The average Bonchev–Trinajstić information content (AvgIpc) is 2.42. The smallest absolute Gasteiger partial charge is 0.303 e. The van der Waals surface area contributed by atoms with Crippen LogP contribution >= 0.6 is 0 Å². The predicted molar refractivity (Wildman–Crippen MR) is 71.9 cm³/mol. The maximum Gasteiger partial charge on any atom is 0.303 e. The van der Waals surface area contributed by atoms with Gasteiger partial charge in [0.05, 0.1) is 6.42 Å². The minimum Gasteiger partial charge on any atom is -0.481 e. The molecule has 0 amide bonds. The third-order valence-corrected chi connectivity index (χ3v) is 4.10. The average molecular weight is 268 g/mol. The molecule has 0 aromatic carbocycles. The monoisotopic (exact) mass is 268 g/mol. The van der Waals surface area contributed by atoms with E-state index in [9.17, 15) is 14.4 Å². The van der Waals surface area contributed by atoms with Crippen molar-refractivity contribution in [2.45, 2.75) is 64.7 Å². The van der Waals surface area contributed by atoms with Crippen molar-refractivity contribution in [2.24, 2.45) is 11.8 Å². The first-order valence-electron chi connectivity index (χ1n) is 7.29. The summed E-state index contributed by atoms with van der Waals surface area (Å²) in [6, 6.07) is 0. The molecule has 19 heavy (non-hydrogen) atoms. The van der Waals surface area contributed by atoms with Crippen LogP contribution in [0, 0.1) is 11.8 Å². The summed E-state index contributed by atoms with van der Waals surface area (Å²) in [6.07, 6.45) is 6.04. The Labute approximate surface area is 114 Å². The summed E-state index contributed by atoms with van der Waals surface area (Å²) < 4.78 is 0. The zero-order chi connectivity index (χ0) is 14.3. The summed E-state index contributed by atoms with van der Waals surface area (Å²) >= 11 is 0. The van der Waals surface area contributed by atoms with Gasteiger partial charge in [-0.15, -0.1) is 0 Å². The number of carboxylic acids is 1. The van der Waals surface area contributed by atoms with E-state index in [1.165, 1.54) is 0 Å². The molecular formula is C15H24O4. The lowest BCUT2D eigenvalue weighted by atomic mass is 9.77. The van der Waals surface area contributed by atoms with Gasteiger partial charge in [0.15, 0.2) is 0 Å². The van der Waals surface area contributed by atoms with Crippen LogP contribution in [-0.4, -0.2) is 22.6 Å². The second-order valence-corrected chi connectivity index (χ2v) is 5.51.